The van der Waals surface area contributed by atoms with Gasteiger partial charge in [-0.25, -0.2) is 0 Å². The number of aryl methyl sites for hydroxylation is 1. The van der Waals surface area contributed by atoms with Crippen LogP contribution >= 0.6 is 0 Å². The van der Waals surface area contributed by atoms with Crippen molar-refractivity contribution in [2.45, 2.75) is 32.6 Å². The van der Waals surface area contributed by atoms with Gasteiger partial charge in [0.2, 0.25) is 0 Å². The molecular formula is C18H20. The minimum Gasteiger partial charge on any atom is -0.125 e. The van der Waals surface area contributed by atoms with Gasteiger partial charge in [0.1, 0.15) is 0 Å². The summed E-state index contributed by atoms with van der Waals surface area (Å²) >= 11 is 0. The molecule has 0 amide bonds. The van der Waals surface area contributed by atoms with E-state index in [-0.39, 0.29) is 0 Å². The quantitative estimate of drug-likeness (QED) is 0.645. The van der Waals surface area contributed by atoms with Crippen molar-refractivity contribution in [3.05, 3.63) is 77.1 Å². The van der Waals surface area contributed by atoms with Gasteiger partial charge >= 0.3 is 0 Å². The molecule has 0 N–H and O–H groups in total. The van der Waals surface area contributed by atoms with Crippen LogP contribution in [0.4, 0.5) is 0 Å². The van der Waals surface area contributed by atoms with Crippen LogP contribution in [0.2, 0.25) is 0 Å². The first-order chi connectivity index (χ1) is 8.81. The lowest BCUT2D eigenvalue weighted by atomic mass is 9.90. The van der Waals surface area contributed by atoms with Gasteiger partial charge in [0.25, 0.3) is 0 Å². The summed E-state index contributed by atoms with van der Waals surface area (Å²) in [6, 6.07) is 10.6. The van der Waals surface area contributed by atoms with E-state index in [1.54, 1.807) is 0 Å². The topological polar surface area (TPSA) is 0 Å². The second kappa shape index (κ2) is 6.23. The molecule has 18 heavy (non-hydrogen) atoms. The van der Waals surface area contributed by atoms with E-state index in [2.05, 4.69) is 61.7 Å². The molecule has 0 radical (unpaired) electrons. The molecule has 0 bridgehead atoms. The van der Waals surface area contributed by atoms with Crippen LogP contribution in [0.5, 0.6) is 0 Å². The van der Waals surface area contributed by atoms with Crippen molar-refractivity contribution in [3.8, 4) is 0 Å². The molecule has 1 aliphatic carbocycles. The molecule has 1 aromatic carbocycles. The van der Waals surface area contributed by atoms with Gasteiger partial charge in [-0.05, 0) is 49.3 Å². The summed E-state index contributed by atoms with van der Waals surface area (Å²) in [5.74, 6) is 0. The van der Waals surface area contributed by atoms with Crippen molar-refractivity contribution < 1.29 is 0 Å². The van der Waals surface area contributed by atoms with Crippen molar-refractivity contribution in [1.82, 2.24) is 0 Å². The summed E-state index contributed by atoms with van der Waals surface area (Å²) in [5, 5.41) is 0. The smallest absolute Gasteiger partial charge is 0.000845 e. The van der Waals surface area contributed by atoms with E-state index < -0.39 is 0 Å². The summed E-state index contributed by atoms with van der Waals surface area (Å²) < 4.78 is 0. The average molecular weight is 236 g/mol. The predicted molar refractivity (Wildman–Crippen MR) is 78.5 cm³/mol. The maximum atomic E-state index is 3.85. The van der Waals surface area contributed by atoms with Crippen LogP contribution in [0.3, 0.4) is 0 Å². The van der Waals surface area contributed by atoms with Crippen LogP contribution in [-0.4, -0.2) is 0 Å². The van der Waals surface area contributed by atoms with Gasteiger partial charge in [-0.2, -0.15) is 0 Å². The van der Waals surface area contributed by atoms with E-state index in [0.717, 1.165) is 19.3 Å². The van der Waals surface area contributed by atoms with Crippen molar-refractivity contribution in [2.24, 2.45) is 0 Å². The van der Waals surface area contributed by atoms with Gasteiger partial charge < -0.3 is 0 Å². The van der Waals surface area contributed by atoms with Crippen molar-refractivity contribution in [3.63, 3.8) is 0 Å². The summed E-state index contributed by atoms with van der Waals surface area (Å²) in [4.78, 5) is 0. The van der Waals surface area contributed by atoms with E-state index in [4.69, 9.17) is 0 Å². The third-order valence-electron chi connectivity index (χ3n) is 3.44. The van der Waals surface area contributed by atoms with Crippen LogP contribution < -0.4 is 0 Å². The molecule has 2 rings (SSSR count). The Balaban J connectivity index is 2.06. The standard InChI is InChI=1S/C18H20/c1-3-17(18-12-8-7-9-15(18)2)14-13-16-10-5-4-6-11-16/h4-6,9-12H,1,7-8,13-14H2,2H3. The largest absolute Gasteiger partial charge is 0.125 e. The van der Waals surface area contributed by atoms with Gasteiger partial charge in [0.05, 0.1) is 0 Å². The Labute approximate surface area is 110 Å². The van der Waals surface area contributed by atoms with Crippen molar-refractivity contribution in [1.29, 1.82) is 0 Å². The zero-order chi connectivity index (χ0) is 12.8. The molecule has 0 fully saturated rings. The highest BCUT2D eigenvalue weighted by Crippen LogP contribution is 2.27. The Hall–Kier alpha value is -1.78. The second-order valence-electron chi connectivity index (χ2n) is 4.72. The zero-order valence-corrected chi connectivity index (χ0v) is 11.1. The SMILES string of the molecule is C=C=C(CCc1ccccc1)C1=CCCC=C1C. The first-order valence-corrected chi connectivity index (χ1v) is 6.62. The van der Waals surface area contributed by atoms with Crippen LogP contribution in [-0.2, 0) is 6.42 Å². The molecule has 0 atom stereocenters. The van der Waals surface area contributed by atoms with Crippen molar-refractivity contribution >= 4 is 0 Å². The fraction of sp³-hybridized carbons (Fsp3) is 0.278. The fourth-order valence-corrected chi connectivity index (χ4v) is 2.39. The monoisotopic (exact) mass is 236 g/mol. The van der Waals surface area contributed by atoms with Gasteiger partial charge in [-0.1, -0.05) is 49.1 Å². The van der Waals surface area contributed by atoms with E-state index in [0.29, 0.717) is 0 Å². The number of rotatable bonds is 4. The van der Waals surface area contributed by atoms with Crippen LogP contribution in [0.1, 0.15) is 31.7 Å². The lowest BCUT2D eigenvalue weighted by molar-refractivity contribution is 0.926. The van der Waals surface area contributed by atoms with Crippen LogP contribution in [0.25, 0.3) is 0 Å². The molecule has 0 unspecified atom stereocenters. The summed E-state index contributed by atoms with van der Waals surface area (Å²) in [6.45, 7) is 6.04. The second-order valence-corrected chi connectivity index (χ2v) is 4.72. The van der Waals surface area contributed by atoms with Crippen LogP contribution in [0, 0.1) is 0 Å². The van der Waals surface area contributed by atoms with E-state index in [1.807, 2.05) is 0 Å². The first-order valence-electron chi connectivity index (χ1n) is 6.62. The molecular weight excluding hydrogens is 216 g/mol. The Bertz CT molecular complexity index is 508. The summed E-state index contributed by atoms with van der Waals surface area (Å²) in [7, 11) is 0. The molecule has 0 saturated carbocycles. The third kappa shape index (κ3) is 3.12. The highest BCUT2D eigenvalue weighted by Gasteiger charge is 2.09. The number of hydrogen-bond acceptors (Lipinski definition) is 0. The number of hydrogen-bond donors (Lipinski definition) is 0. The molecule has 0 saturated heterocycles. The minimum atomic E-state index is 1.02. The highest BCUT2D eigenvalue weighted by molar-refractivity contribution is 5.46. The van der Waals surface area contributed by atoms with Crippen LogP contribution in [0.15, 0.2) is 71.5 Å². The van der Waals surface area contributed by atoms with Gasteiger partial charge in [-0.15, -0.1) is 5.73 Å². The zero-order valence-electron chi connectivity index (χ0n) is 11.1. The Morgan fingerprint density at radius 3 is 2.56 bits per heavy atom. The van der Waals surface area contributed by atoms with E-state index in [9.17, 15) is 0 Å². The normalized spacial score (nSPS) is 14.5. The molecule has 1 aromatic rings. The Morgan fingerprint density at radius 2 is 1.89 bits per heavy atom. The maximum absolute atomic E-state index is 3.85. The fourth-order valence-electron chi connectivity index (χ4n) is 2.39. The Kier molecular flexibility index (Phi) is 4.39. The molecule has 1 aliphatic rings. The van der Waals surface area contributed by atoms with E-state index >= 15 is 0 Å². The lowest BCUT2D eigenvalue weighted by Crippen LogP contribution is -1.97. The molecule has 0 nitrogen and oxygen atoms in total. The molecule has 92 valence electrons. The summed E-state index contributed by atoms with van der Waals surface area (Å²) in [5.41, 5.74) is 8.49. The van der Waals surface area contributed by atoms with Gasteiger partial charge in [0, 0.05) is 5.57 Å². The van der Waals surface area contributed by atoms with Gasteiger partial charge in [-0.3, -0.25) is 0 Å². The summed E-state index contributed by atoms with van der Waals surface area (Å²) in [6.07, 6.45) is 9.03. The number of benzene rings is 1. The lowest BCUT2D eigenvalue weighted by Gasteiger charge is -2.15. The molecule has 0 aliphatic heterocycles. The van der Waals surface area contributed by atoms with Gasteiger partial charge in [0.15, 0.2) is 0 Å². The molecule has 0 spiro atoms. The van der Waals surface area contributed by atoms with Crippen molar-refractivity contribution in [2.75, 3.05) is 0 Å². The van der Waals surface area contributed by atoms with E-state index in [1.165, 1.54) is 28.7 Å². The highest BCUT2D eigenvalue weighted by atomic mass is 14.1. The maximum Gasteiger partial charge on any atom is 0.000845 e. The first kappa shape index (κ1) is 12.7. The minimum absolute atomic E-state index is 1.02. The number of allylic oxidation sites excluding steroid dienone is 5. The predicted octanol–water partition coefficient (Wildman–Crippen LogP) is 5.00. The molecule has 0 heteroatoms. The third-order valence-corrected chi connectivity index (χ3v) is 3.44. The average Bonchev–Trinajstić information content (AvgIpc) is 2.42. The molecule has 0 aromatic heterocycles. The molecule has 0 heterocycles. The Morgan fingerprint density at radius 1 is 1.17 bits per heavy atom.